The van der Waals surface area contributed by atoms with Gasteiger partial charge in [-0.15, -0.1) is 11.3 Å². The Bertz CT molecular complexity index is 873. The summed E-state index contributed by atoms with van der Waals surface area (Å²) in [5.41, 5.74) is 0.368. The first-order valence-corrected chi connectivity index (χ1v) is 11.2. The molecule has 0 spiro atoms. The second-order valence-corrected chi connectivity index (χ2v) is 9.90. The van der Waals surface area contributed by atoms with Gasteiger partial charge in [-0.25, -0.2) is 12.7 Å². The number of carbonyl (C=O) groups is 1. The van der Waals surface area contributed by atoms with Crippen LogP contribution >= 0.6 is 11.3 Å². The van der Waals surface area contributed by atoms with Gasteiger partial charge in [-0.05, 0) is 42.5 Å². The van der Waals surface area contributed by atoms with Crippen molar-refractivity contribution >= 4 is 27.3 Å². The Morgan fingerprint density at radius 2 is 2.07 bits per heavy atom. The molecule has 0 bridgehead atoms. The van der Waals surface area contributed by atoms with Crippen molar-refractivity contribution in [3.63, 3.8) is 0 Å². The minimum Gasteiger partial charge on any atom is -0.376 e. The van der Waals surface area contributed by atoms with Crippen LogP contribution in [-0.2, 0) is 21.3 Å². The van der Waals surface area contributed by atoms with Gasteiger partial charge in [0, 0.05) is 37.7 Å². The van der Waals surface area contributed by atoms with Crippen LogP contribution in [0.5, 0.6) is 0 Å². The van der Waals surface area contributed by atoms with E-state index in [0.717, 1.165) is 28.6 Å². The van der Waals surface area contributed by atoms with E-state index in [0.29, 0.717) is 18.7 Å². The zero-order chi connectivity index (χ0) is 19.4. The monoisotopic (exact) mass is 408 g/mol. The van der Waals surface area contributed by atoms with E-state index in [9.17, 15) is 13.2 Å². The molecule has 1 aromatic carbocycles. The maximum Gasteiger partial charge on any atom is 0.254 e. The van der Waals surface area contributed by atoms with Gasteiger partial charge < -0.3 is 9.64 Å². The molecule has 1 saturated heterocycles. The number of sulfonamides is 1. The van der Waals surface area contributed by atoms with Gasteiger partial charge in [0.1, 0.15) is 0 Å². The molecular weight excluding hydrogens is 384 g/mol. The summed E-state index contributed by atoms with van der Waals surface area (Å²) in [5, 5.41) is 1.98. The van der Waals surface area contributed by atoms with Crippen LogP contribution in [0.3, 0.4) is 0 Å². The van der Waals surface area contributed by atoms with Crippen molar-refractivity contribution in [3.05, 3.63) is 52.2 Å². The molecule has 2 aromatic rings. The Kier molecular flexibility index (Phi) is 6.31. The summed E-state index contributed by atoms with van der Waals surface area (Å²) in [6.45, 7) is 1.71. The summed E-state index contributed by atoms with van der Waals surface area (Å²) in [5.74, 6) is -0.185. The minimum atomic E-state index is -3.59. The number of thiophene rings is 1. The number of rotatable bonds is 7. The van der Waals surface area contributed by atoms with Gasteiger partial charge in [-0.1, -0.05) is 12.1 Å². The average Bonchev–Trinajstić information content (AvgIpc) is 3.34. The second-order valence-electron chi connectivity index (χ2n) is 6.72. The average molecular weight is 409 g/mol. The molecule has 0 aliphatic carbocycles. The second kappa shape index (κ2) is 8.52. The number of hydrogen-bond donors (Lipinski definition) is 0. The molecule has 2 heterocycles. The maximum atomic E-state index is 13.2. The van der Waals surface area contributed by atoms with Gasteiger partial charge in [0.2, 0.25) is 10.0 Å². The van der Waals surface area contributed by atoms with E-state index in [-0.39, 0.29) is 16.9 Å². The third-order valence-corrected chi connectivity index (χ3v) is 7.19. The summed E-state index contributed by atoms with van der Waals surface area (Å²) >= 11 is 1.60. The summed E-state index contributed by atoms with van der Waals surface area (Å²) in [6.07, 6.45) is 1.97. The highest BCUT2D eigenvalue weighted by Gasteiger charge is 2.25. The largest absolute Gasteiger partial charge is 0.376 e. The van der Waals surface area contributed by atoms with Gasteiger partial charge in [0.05, 0.1) is 17.5 Å². The number of ether oxygens (including phenoxy) is 1. The standard InChI is InChI=1S/C19H24N2O4S2/c1-20(2)27(23,24)18-9-3-6-15(12-18)19(22)21(13-16-7-4-10-25-16)14-17-8-5-11-26-17/h3,5-6,8-9,11-12,16H,4,7,10,13-14H2,1-2H3/t16-/m1/s1. The van der Waals surface area contributed by atoms with E-state index in [2.05, 4.69) is 0 Å². The molecule has 1 aromatic heterocycles. The van der Waals surface area contributed by atoms with Crippen LogP contribution < -0.4 is 0 Å². The van der Waals surface area contributed by atoms with Gasteiger partial charge in [0.25, 0.3) is 5.91 Å². The van der Waals surface area contributed by atoms with Crippen LogP contribution in [0.4, 0.5) is 0 Å². The third-order valence-electron chi connectivity index (χ3n) is 4.52. The third kappa shape index (κ3) is 4.76. The number of amides is 1. The normalized spacial score (nSPS) is 17.4. The molecule has 146 valence electrons. The molecule has 0 N–H and O–H groups in total. The van der Waals surface area contributed by atoms with Gasteiger partial charge in [-0.3, -0.25) is 4.79 Å². The first-order chi connectivity index (χ1) is 12.9. The molecule has 1 atom stereocenters. The molecule has 27 heavy (non-hydrogen) atoms. The van der Waals surface area contributed by atoms with Crippen LogP contribution in [0.1, 0.15) is 28.1 Å². The molecule has 8 heteroatoms. The lowest BCUT2D eigenvalue weighted by Gasteiger charge is -2.25. The SMILES string of the molecule is CN(C)S(=O)(=O)c1cccc(C(=O)N(Cc2cccs2)C[C@H]2CCCO2)c1. The van der Waals surface area contributed by atoms with Crippen LogP contribution in [0, 0.1) is 0 Å². The fourth-order valence-electron chi connectivity index (χ4n) is 3.03. The Morgan fingerprint density at radius 1 is 1.26 bits per heavy atom. The van der Waals surface area contributed by atoms with Gasteiger partial charge >= 0.3 is 0 Å². The number of benzene rings is 1. The predicted octanol–water partition coefficient (Wildman–Crippen LogP) is 2.82. The molecule has 0 saturated carbocycles. The van der Waals surface area contributed by atoms with Crippen molar-refractivity contribution in [2.24, 2.45) is 0 Å². The molecule has 1 fully saturated rings. The number of carbonyl (C=O) groups excluding carboxylic acids is 1. The van der Waals surface area contributed by atoms with Crippen molar-refractivity contribution in [2.75, 3.05) is 27.2 Å². The molecule has 3 rings (SSSR count). The van der Waals surface area contributed by atoms with Crippen molar-refractivity contribution in [1.82, 2.24) is 9.21 Å². The Hall–Kier alpha value is -1.74. The van der Waals surface area contributed by atoms with Gasteiger partial charge in [0.15, 0.2) is 0 Å². The summed E-state index contributed by atoms with van der Waals surface area (Å²) in [4.78, 5) is 16.1. The number of nitrogens with zero attached hydrogens (tertiary/aromatic N) is 2. The van der Waals surface area contributed by atoms with E-state index in [1.807, 2.05) is 17.5 Å². The van der Waals surface area contributed by atoms with Crippen LogP contribution in [-0.4, -0.2) is 56.9 Å². The highest BCUT2D eigenvalue weighted by atomic mass is 32.2. The topological polar surface area (TPSA) is 66.9 Å². The first kappa shape index (κ1) is 20.0. The predicted molar refractivity (Wildman–Crippen MR) is 105 cm³/mol. The summed E-state index contributed by atoms with van der Waals surface area (Å²) < 4.78 is 31.6. The molecule has 0 unspecified atom stereocenters. The van der Waals surface area contributed by atoms with E-state index >= 15 is 0 Å². The Balaban J connectivity index is 1.86. The highest BCUT2D eigenvalue weighted by Crippen LogP contribution is 2.21. The van der Waals surface area contributed by atoms with E-state index in [1.165, 1.54) is 26.2 Å². The zero-order valence-corrected chi connectivity index (χ0v) is 17.1. The lowest BCUT2D eigenvalue weighted by molar-refractivity contribution is 0.0509. The first-order valence-electron chi connectivity index (χ1n) is 8.84. The van der Waals surface area contributed by atoms with Crippen molar-refractivity contribution < 1.29 is 17.9 Å². The molecular formula is C19H24N2O4S2. The van der Waals surface area contributed by atoms with Crippen LogP contribution in [0.25, 0.3) is 0 Å². The maximum absolute atomic E-state index is 13.2. The smallest absolute Gasteiger partial charge is 0.254 e. The Labute approximate surface area is 164 Å². The fraction of sp³-hybridized carbons (Fsp3) is 0.421. The lowest BCUT2D eigenvalue weighted by atomic mass is 10.1. The Morgan fingerprint density at radius 3 is 2.70 bits per heavy atom. The van der Waals surface area contributed by atoms with Crippen molar-refractivity contribution in [2.45, 2.75) is 30.4 Å². The van der Waals surface area contributed by atoms with Gasteiger partial charge in [-0.2, -0.15) is 0 Å². The van der Waals surface area contributed by atoms with Crippen molar-refractivity contribution in [3.8, 4) is 0 Å². The number of hydrogen-bond acceptors (Lipinski definition) is 5. The van der Waals surface area contributed by atoms with Crippen LogP contribution in [0.2, 0.25) is 0 Å². The quantitative estimate of drug-likeness (QED) is 0.707. The van der Waals surface area contributed by atoms with Crippen LogP contribution in [0.15, 0.2) is 46.7 Å². The zero-order valence-electron chi connectivity index (χ0n) is 15.5. The van der Waals surface area contributed by atoms with E-state index < -0.39 is 10.0 Å². The molecule has 0 radical (unpaired) electrons. The molecule has 1 aliphatic rings. The minimum absolute atomic E-state index is 0.0302. The van der Waals surface area contributed by atoms with E-state index in [1.54, 1.807) is 28.4 Å². The molecule has 6 nitrogen and oxygen atoms in total. The summed E-state index contributed by atoms with van der Waals surface area (Å²) in [7, 11) is -0.638. The summed E-state index contributed by atoms with van der Waals surface area (Å²) in [6, 6.07) is 10.2. The fourth-order valence-corrected chi connectivity index (χ4v) is 4.69. The van der Waals surface area contributed by atoms with Crippen molar-refractivity contribution in [1.29, 1.82) is 0 Å². The highest BCUT2D eigenvalue weighted by molar-refractivity contribution is 7.89. The lowest BCUT2D eigenvalue weighted by Crippen LogP contribution is -2.36. The molecule has 1 aliphatic heterocycles. The molecule has 1 amide bonds. The van der Waals surface area contributed by atoms with E-state index in [4.69, 9.17) is 4.74 Å².